The average molecular weight is 1340 g/mol. The van der Waals surface area contributed by atoms with Crippen LogP contribution in [-0.4, -0.2) is 247 Å². The molecule has 95 heavy (non-hydrogen) atoms. The summed E-state index contributed by atoms with van der Waals surface area (Å²) in [5, 5.41) is 136. The van der Waals surface area contributed by atoms with Crippen LogP contribution in [-0.2, 0) is 61.7 Å². The number of ether oxygens (including phenoxy) is 11. The second kappa shape index (κ2) is 27.1. The molecule has 4 aliphatic heterocycles. The Kier molecular flexibility index (Phi) is 20.4. The number of rotatable bonds is 16. The average Bonchev–Trinajstić information content (AvgIpc) is 0.674. The van der Waals surface area contributed by atoms with Gasteiger partial charge in [-0.05, 0) is 114 Å². The highest BCUT2D eigenvalue weighted by Crippen LogP contribution is 2.76. The lowest BCUT2D eigenvalue weighted by Crippen LogP contribution is -2.72. The van der Waals surface area contributed by atoms with E-state index in [4.69, 9.17) is 52.1 Å². The zero-order chi connectivity index (χ0) is 68.8. The number of hydrogen-bond acceptors (Lipinski definition) is 26. The van der Waals surface area contributed by atoms with E-state index in [1.165, 1.54) is 19.1 Å². The molecular formula is C68H94O27. The van der Waals surface area contributed by atoms with E-state index in [-0.39, 0.29) is 35.8 Å². The first-order valence-electron chi connectivity index (χ1n) is 32.9. The number of allylic oxidation sites excluding steroid dienone is 2. The van der Waals surface area contributed by atoms with Crippen molar-refractivity contribution in [2.75, 3.05) is 26.4 Å². The third-order valence-corrected chi connectivity index (χ3v) is 23.7. The fraction of sp³-hybridized carbons (Fsp3) is 0.735. The van der Waals surface area contributed by atoms with Gasteiger partial charge in [0, 0.05) is 6.92 Å². The van der Waals surface area contributed by atoms with Crippen molar-refractivity contribution in [2.45, 2.75) is 235 Å². The van der Waals surface area contributed by atoms with Crippen LogP contribution in [0.2, 0.25) is 0 Å². The molecule has 2 aromatic rings. The molecule has 528 valence electrons. The number of aliphatic carboxylic acids is 1. The Morgan fingerprint density at radius 3 is 1.84 bits per heavy atom. The largest absolute Gasteiger partial charge is 0.479 e. The number of aliphatic hydroxyl groups is 11. The molecule has 4 saturated heterocycles. The van der Waals surface area contributed by atoms with Gasteiger partial charge in [0.1, 0.15) is 73.8 Å². The number of esters is 3. The molecule has 27 heteroatoms. The SMILES string of the molecule is CC(=O)OC[C@@]12C(CC(C)(C)[C@@H](O[C@@H]3OC[C@H](OC(=O)c4ccccc4)[C@H](OC(=O)c4ccccc4)[C@H]3O)[C@@H]1O)C1=CC[C@@H]3[C@@]4(C)CC[C@H](O[C@@H]5O[C@H](C(=O)O)[C@@H](O)[C@H](O[C@@H]6OC[C@@H](O)[C@H](O)[C@H]6O)[C@H]5O[C@@H]5O[C@H](CO)[C@H](O)[C@H](O)[C@H]5O)C(C)(C)[C@@H]4CC[C@@]3(C)[C@]1(C)C[C@H]2O. The Balaban J connectivity index is 0.867. The Labute approximate surface area is 550 Å². The molecule has 0 bridgehead atoms. The van der Waals surface area contributed by atoms with Gasteiger partial charge >= 0.3 is 23.9 Å². The Hall–Kier alpha value is -4.70. The predicted molar refractivity (Wildman–Crippen MR) is 324 cm³/mol. The molecule has 4 saturated carbocycles. The number of benzene rings is 2. The highest BCUT2D eigenvalue weighted by molar-refractivity contribution is 5.90. The van der Waals surface area contributed by atoms with E-state index in [1.807, 2.05) is 27.7 Å². The first-order valence-corrected chi connectivity index (χ1v) is 32.9. The van der Waals surface area contributed by atoms with E-state index in [9.17, 15) is 80.5 Å². The monoisotopic (exact) mass is 1340 g/mol. The van der Waals surface area contributed by atoms with Gasteiger partial charge in [-0.25, -0.2) is 14.4 Å². The van der Waals surface area contributed by atoms with Crippen LogP contribution in [0.1, 0.15) is 121 Å². The molecule has 29 atom stereocenters. The molecule has 8 fully saturated rings. The van der Waals surface area contributed by atoms with Crippen molar-refractivity contribution in [3.05, 3.63) is 83.4 Å². The quantitative estimate of drug-likeness (QED) is 0.0483. The van der Waals surface area contributed by atoms with Gasteiger partial charge < -0.3 is 113 Å². The first kappa shape index (κ1) is 71.6. The maximum Gasteiger partial charge on any atom is 0.338 e. The molecule has 27 nitrogen and oxygen atoms in total. The standard InChI is InChI=1S/C68H94O27/c1-31(70)87-30-68-35(25-63(2,3)55(54(68)80)95-60-49(79)50(91-58(84)33-17-13-10-14-18-33)38(29-86-60)88-57(83)32-15-11-9-12-16-32)34-19-20-40-65(6)23-22-42(64(4,5)39(65)21-24-66(40,7)67(34,8)26-41(68)72)90-62-53(94-61-47(77)45(75)44(74)37(27-69)89-61)51(48(78)52(93-62)56(81)82)92-59-46(76)43(73)36(71)28-85-59/h9-19,35-55,59-62,69,71-80H,20-30H2,1-8H3,(H,81,82)/t35?,36-,37-,38+,39+,40-,41-,42+,43+,44+,45+,46-,47-,48+,49-,50+,51+,52+,53-,54+,55+,59+,60+,61+,62-,65+,66-,67-,68+/m1/s1. The number of aliphatic hydroxyl groups excluding tert-OH is 11. The molecular weight excluding hydrogens is 1250 g/mol. The van der Waals surface area contributed by atoms with Crippen molar-refractivity contribution < 1.29 is 133 Å². The first-order chi connectivity index (χ1) is 44.7. The van der Waals surface area contributed by atoms with Crippen molar-refractivity contribution in [1.29, 1.82) is 0 Å². The number of carbonyl (C=O) groups excluding carboxylic acids is 3. The minimum absolute atomic E-state index is 0.0496. The summed E-state index contributed by atoms with van der Waals surface area (Å²) in [4.78, 5) is 53.0. The molecule has 4 heterocycles. The van der Waals surface area contributed by atoms with Crippen molar-refractivity contribution in [1.82, 2.24) is 0 Å². The molecule has 12 N–H and O–H groups in total. The molecule has 5 aliphatic carbocycles. The van der Waals surface area contributed by atoms with Crippen LogP contribution in [0.25, 0.3) is 0 Å². The lowest BCUT2D eigenvalue weighted by atomic mass is 9.33. The summed E-state index contributed by atoms with van der Waals surface area (Å²) in [5.41, 5.74) is -3.71. The van der Waals surface area contributed by atoms with Crippen LogP contribution in [0.5, 0.6) is 0 Å². The van der Waals surface area contributed by atoms with Gasteiger partial charge in [-0.15, -0.1) is 0 Å². The fourth-order valence-electron chi connectivity index (χ4n) is 18.4. The van der Waals surface area contributed by atoms with Gasteiger partial charge in [0.15, 0.2) is 43.5 Å². The smallest absolute Gasteiger partial charge is 0.338 e. The van der Waals surface area contributed by atoms with Gasteiger partial charge in [0.05, 0.1) is 60.8 Å². The van der Waals surface area contributed by atoms with E-state index in [0.29, 0.717) is 32.1 Å². The molecule has 11 rings (SSSR count). The molecule has 0 spiro atoms. The maximum atomic E-state index is 13.7. The summed E-state index contributed by atoms with van der Waals surface area (Å²) in [5.74, 6) is -4.67. The van der Waals surface area contributed by atoms with E-state index in [0.717, 1.165) is 5.57 Å². The van der Waals surface area contributed by atoms with Gasteiger partial charge in [-0.2, -0.15) is 0 Å². The van der Waals surface area contributed by atoms with Crippen LogP contribution in [0.15, 0.2) is 72.3 Å². The third-order valence-electron chi connectivity index (χ3n) is 23.7. The zero-order valence-corrected chi connectivity index (χ0v) is 54.6. The van der Waals surface area contributed by atoms with E-state index in [1.54, 1.807) is 48.5 Å². The fourth-order valence-corrected chi connectivity index (χ4v) is 18.4. The Bertz CT molecular complexity index is 3100. The molecule has 2 aromatic carbocycles. The molecule has 0 amide bonds. The molecule has 1 unspecified atom stereocenters. The van der Waals surface area contributed by atoms with Crippen LogP contribution in [0.4, 0.5) is 0 Å². The minimum Gasteiger partial charge on any atom is -0.479 e. The normalized spacial score (nSPS) is 46.1. The predicted octanol–water partition coefficient (Wildman–Crippen LogP) is 1.02. The van der Waals surface area contributed by atoms with Crippen LogP contribution >= 0.6 is 0 Å². The summed E-state index contributed by atoms with van der Waals surface area (Å²) >= 11 is 0. The van der Waals surface area contributed by atoms with Gasteiger partial charge in [-0.1, -0.05) is 96.5 Å². The van der Waals surface area contributed by atoms with E-state index in [2.05, 4.69) is 26.8 Å². The van der Waals surface area contributed by atoms with E-state index < -0.39 is 224 Å². The van der Waals surface area contributed by atoms with E-state index >= 15 is 0 Å². The van der Waals surface area contributed by atoms with Gasteiger partial charge in [0.2, 0.25) is 0 Å². The summed E-state index contributed by atoms with van der Waals surface area (Å²) in [7, 11) is 0. The maximum absolute atomic E-state index is 13.7. The number of hydrogen-bond donors (Lipinski definition) is 12. The van der Waals surface area contributed by atoms with Gasteiger partial charge in [0.25, 0.3) is 0 Å². The number of fused-ring (bicyclic) bond motifs is 7. The topological polar surface area (TPSA) is 413 Å². The number of carbonyl (C=O) groups is 4. The summed E-state index contributed by atoms with van der Waals surface area (Å²) < 4.78 is 67.1. The second-order valence-electron chi connectivity index (χ2n) is 29.8. The van der Waals surface area contributed by atoms with Crippen molar-refractivity contribution in [3.63, 3.8) is 0 Å². The summed E-state index contributed by atoms with van der Waals surface area (Å²) in [6.07, 6.45) is -31.8. The molecule has 0 radical (unpaired) electrons. The second-order valence-corrected chi connectivity index (χ2v) is 29.8. The Morgan fingerprint density at radius 2 is 1.21 bits per heavy atom. The lowest BCUT2D eigenvalue weighted by molar-refractivity contribution is -0.392. The van der Waals surface area contributed by atoms with Crippen molar-refractivity contribution in [3.8, 4) is 0 Å². The number of carboxylic acid groups (broad SMARTS) is 1. The van der Waals surface area contributed by atoms with Gasteiger partial charge in [-0.3, -0.25) is 4.79 Å². The molecule has 9 aliphatic rings. The van der Waals surface area contributed by atoms with Crippen LogP contribution in [0.3, 0.4) is 0 Å². The van der Waals surface area contributed by atoms with Crippen molar-refractivity contribution >= 4 is 23.9 Å². The zero-order valence-electron chi connectivity index (χ0n) is 54.6. The van der Waals surface area contributed by atoms with Crippen LogP contribution < -0.4 is 0 Å². The lowest BCUT2D eigenvalue weighted by Gasteiger charge is -2.72. The molecule has 0 aromatic heterocycles. The highest BCUT2D eigenvalue weighted by atomic mass is 16.8. The minimum atomic E-state index is -2.14. The van der Waals surface area contributed by atoms with Crippen molar-refractivity contribution in [2.24, 2.45) is 50.2 Å². The highest BCUT2D eigenvalue weighted by Gasteiger charge is 2.74. The number of carboxylic acids is 1. The Morgan fingerprint density at radius 1 is 0.600 bits per heavy atom. The van der Waals surface area contributed by atoms with Crippen LogP contribution in [0, 0.1) is 50.2 Å². The summed E-state index contributed by atoms with van der Waals surface area (Å²) in [6.45, 7) is 13.6. The summed E-state index contributed by atoms with van der Waals surface area (Å²) in [6, 6.07) is 16.2. The third kappa shape index (κ3) is 12.5.